The van der Waals surface area contributed by atoms with E-state index in [9.17, 15) is 0 Å². The summed E-state index contributed by atoms with van der Waals surface area (Å²) >= 11 is 4.91. The summed E-state index contributed by atoms with van der Waals surface area (Å²) in [4.78, 5) is 0. The summed E-state index contributed by atoms with van der Waals surface area (Å²) in [5.41, 5.74) is 2.59. The molecule has 0 heterocycles. The van der Waals surface area contributed by atoms with E-state index in [1.54, 1.807) is 0 Å². The second-order valence-corrected chi connectivity index (χ2v) is 5.47. The summed E-state index contributed by atoms with van der Waals surface area (Å²) < 4.78 is 1.18. The summed E-state index contributed by atoms with van der Waals surface area (Å²) in [5, 5.41) is 10.6. The van der Waals surface area contributed by atoms with Crippen LogP contribution in [0.25, 0.3) is 0 Å². The van der Waals surface area contributed by atoms with E-state index >= 15 is 0 Å². The van der Waals surface area contributed by atoms with Gasteiger partial charge in [-0.25, -0.2) is 0 Å². The topological polar surface area (TPSA) is 23.8 Å². The lowest BCUT2D eigenvalue weighted by atomic mass is 10.0. The normalized spacial score (nSPS) is 12.1. The Morgan fingerprint density at radius 3 is 2.87 bits per heavy atom. The van der Waals surface area contributed by atoms with Crippen molar-refractivity contribution in [2.24, 2.45) is 5.92 Å². The average Bonchev–Trinajstić information content (AvgIpc) is 2.19. The molecule has 0 bridgehead atoms. The Hall–Kier alpha value is -0.460. The van der Waals surface area contributed by atoms with Crippen molar-refractivity contribution in [1.82, 2.24) is 0 Å². The van der Waals surface area contributed by atoms with Crippen molar-refractivity contribution in [2.45, 2.75) is 20.3 Å². The fourth-order valence-electron chi connectivity index (χ4n) is 1.43. The number of hydrogen-bond acceptors (Lipinski definition) is 2. The van der Waals surface area contributed by atoms with Gasteiger partial charge in [0.05, 0.1) is 0 Å². The molecule has 0 radical (unpaired) electrons. The number of nitriles is 1. The summed E-state index contributed by atoms with van der Waals surface area (Å²) in [6.45, 7) is 4.26. The van der Waals surface area contributed by atoms with Gasteiger partial charge in [0.1, 0.15) is 5.40 Å². The SMILES string of the molecule is Cc1ccc(CC(C)CSC#N)c(Br)c1. The monoisotopic (exact) mass is 283 g/mol. The molecule has 1 nitrogen and oxygen atoms in total. The molecule has 0 spiro atoms. The van der Waals surface area contributed by atoms with Crippen LogP contribution in [0.15, 0.2) is 22.7 Å². The maximum Gasteiger partial charge on any atom is 0.133 e. The number of nitrogens with zero attached hydrogens (tertiary/aromatic N) is 1. The lowest BCUT2D eigenvalue weighted by Crippen LogP contribution is -2.03. The van der Waals surface area contributed by atoms with Crippen LogP contribution in [0.3, 0.4) is 0 Å². The Bertz CT molecular complexity index is 370. The minimum absolute atomic E-state index is 0.536. The van der Waals surface area contributed by atoms with E-state index in [1.807, 2.05) is 0 Å². The van der Waals surface area contributed by atoms with Gasteiger partial charge >= 0.3 is 0 Å². The van der Waals surface area contributed by atoms with Crippen LogP contribution >= 0.6 is 27.7 Å². The van der Waals surface area contributed by atoms with E-state index in [4.69, 9.17) is 5.26 Å². The molecule has 1 aromatic carbocycles. The number of halogens is 1. The van der Waals surface area contributed by atoms with E-state index in [1.165, 1.54) is 27.4 Å². The van der Waals surface area contributed by atoms with Gasteiger partial charge in [-0.3, -0.25) is 0 Å². The molecular formula is C12H14BrNS. The molecule has 0 aromatic heterocycles. The van der Waals surface area contributed by atoms with Crippen LogP contribution < -0.4 is 0 Å². The Morgan fingerprint density at radius 2 is 2.27 bits per heavy atom. The van der Waals surface area contributed by atoms with Crippen molar-refractivity contribution >= 4 is 27.7 Å². The van der Waals surface area contributed by atoms with Crippen molar-refractivity contribution in [1.29, 1.82) is 5.26 Å². The van der Waals surface area contributed by atoms with Crippen LogP contribution in [0.2, 0.25) is 0 Å². The third-order valence-electron chi connectivity index (χ3n) is 2.21. The maximum atomic E-state index is 8.48. The summed E-state index contributed by atoms with van der Waals surface area (Å²) in [7, 11) is 0. The highest BCUT2D eigenvalue weighted by molar-refractivity contribution is 9.10. The summed E-state index contributed by atoms with van der Waals surface area (Å²) in [5.74, 6) is 1.44. The first-order valence-corrected chi connectivity index (χ1v) is 6.67. The van der Waals surface area contributed by atoms with Gasteiger partial charge in [0.25, 0.3) is 0 Å². The highest BCUT2D eigenvalue weighted by atomic mass is 79.9. The van der Waals surface area contributed by atoms with Crippen LogP contribution in [-0.2, 0) is 6.42 Å². The first-order chi connectivity index (χ1) is 7.13. The summed E-state index contributed by atoms with van der Waals surface area (Å²) in [6.07, 6.45) is 1.02. The predicted octanol–water partition coefficient (Wildman–Crippen LogP) is 4.15. The molecule has 0 aliphatic rings. The smallest absolute Gasteiger partial charge is 0.133 e. The van der Waals surface area contributed by atoms with Crippen LogP contribution in [0.4, 0.5) is 0 Å². The molecule has 0 aliphatic heterocycles. The molecule has 1 aromatic rings. The molecule has 0 saturated carbocycles. The minimum atomic E-state index is 0.536. The Labute approximate surface area is 104 Å². The Balaban J connectivity index is 2.61. The molecule has 0 N–H and O–H groups in total. The number of aryl methyl sites for hydroxylation is 1. The highest BCUT2D eigenvalue weighted by Crippen LogP contribution is 2.22. The number of hydrogen-bond donors (Lipinski definition) is 0. The lowest BCUT2D eigenvalue weighted by Gasteiger charge is -2.10. The lowest BCUT2D eigenvalue weighted by molar-refractivity contribution is 0.658. The van der Waals surface area contributed by atoms with Gasteiger partial charge in [0.15, 0.2) is 0 Å². The van der Waals surface area contributed by atoms with E-state index in [0.717, 1.165) is 12.2 Å². The van der Waals surface area contributed by atoms with E-state index in [0.29, 0.717) is 5.92 Å². The van der Waals surface area contributed by atoms with Gasteiger partial charge in [-0.05, 0) is 48.2 Å². The Kier molecular flexibility index (Phi) is 5.21. The number of benzene rings is 1. The third kappa shape index (κ3) is 4.27. The largest absolute Gasteiger partial charge is 0.185 e. The zero-order chi connectivity index (χ0) is 11.3. The Morgan fingerprint density at radius 1 is 1.53 bits per heavy atom. The molecule has 0 amide bonds. The van der Waals surface area contributed by atoms with Crippen LogP contribution in [0.5, 0.6) is 0 Å². The fourth-order valence-corrected chi connectivity index (χ4v) is 2.56. The van der Waals surface area contributed by atoms with E-state index in [2.05, 4.69) is 53.4 Å². The standard InChI is InChI=1S/C12H14BrNS/c1-9-3-4-11(12(13)6-9)5-10(2)7-15-8-14/h3-4,6,10H,5,7H2,1-2H3. The van der Waals surface area contributed by atoms with Crippen LogP contribution in [-0.4, -0.2) is 5.75 Å². The highest BCUT2D eigenvalue weighted by Gasteiger charge is 2.06. The molecule has 1 unspecified atom stereocenters. The predicted molar refractivity (Wildman–Crippen MR) is 69.8 cm³/mol. The first-order valence-electron chi connectivity index (χ1n) is 4.89. The van der Waals surface area contributed by atoms with Crippen molar-refractivity contribution < 1.29 is 0 Å². The van der Waals surface area contributed by atoms with Gasteiger partial charge in [-0.2, -0.15) is 5.26 Å². The van der Waals surface area contributed by atoms with Crippen molar-refractivity contribution in [2.75, 3.05) is 5.75 Å². The molecule has 0 aliphatic carbocycles. The quantitative estimate of drug-likeness (QED) is 0.775. The number of thiocyanates is 1. The van der Waals surface area contributed by atoms with Gasteiger partial charge in [0, 0.05) is 10.2 Å². The third-order valence-corrected chi connectivity index (χ3v) is 3.81. The molecule has 0 saturated heterocycles. The van der Waals surface area contributed by atoms with E-state index < -0.39 is 0 Å². The second-order valence-electron chi connectivity index (χ2n) is 3.81. The summed E-state index contributed by atoms with van der Waals surface area (Å²) in [6, 6.07) is 6.43. The van der Waals surface area contributed by atoms with Crippen molar-refractivity contribution in [3.8, 4) is 5.40 Å². The van der Waals surface area contributed by atoms with Gasteiger partial charge < -0.3 is 0 Å². The molecule has 15 heavy (non-hydrogen) atoms. The first kappa shape index (κ1) is 12.6. The van der Waals surface area contributed by atoms with Gasteiger partial charge in [-0.1, -0.05) is 35.0 Å². The molecule has 1 rings (SSSR count). The van der Waals surface area contributed by atoms with Crippen LogP contribution in [0, 0.1) is 23.5 Å². The fraction of sp³-hybridized carbons (Fsp3) is 0.417. The van der Waals surface area contributed by atoms with Crippen molar-refractivity contribution in [3.05, 3.63) is 33.8 Å². The van der Waals surface area contributed by atoms with E-state index in [-0.39, 0.29) is 0 Å². The molecule has 80 valence electrons. The molecule has 0 fully saturated rings. The second kappa shape index (κ2) is 6.19. The number of rotatable bonds is 4. The molecule has 1 atom stereocenters. The van der Waals surface area contributed by atoms with Crippen LogP contribution in [0.1, 0.15) is 18.1 Å². The minimum Gasteiger partial charge on any atom is -0.185 e. The molecular weight excluding hydrogens is 270 g/mol. The van der Waals surface area contributed by atoms with Crippen molar-refractivity contribution in [3.63, 3.8) is 0 Å². The zero-order valence-electron chi connectivity index (χ0n) is 8.96. The zero-order valence-corrected chi connectivity index (χ0v) is 11.4. The average molecular weight is 284 g/mol. The van der Waals surface area contributed by atoms with Gasteiger partial charge in [-0.15, -0.1) is 0 Å². The maximum absolute atomic E-state index is 8.48. The molecule has 3 heteroatoms. The van der Waals surface area contributed by atoms with Gasteiger partial charge in [0.2, 0.25) is 0 Å². The number of thioether (sulfide) groups is 1.